The van der Waals surface area contributed by atoms with Crippen LogP contribution in [0.3, 0.4) is 0 Å². The molecule has 2 aromatic heterocycles. The number of rotatable bonds is 4. The van der Waals surface area contributed by atoms with Crippen molar-refractivity contribution in [2.45, 2.75) is 25.9 Å². The molecule has 1 saturated heterocycles. The van der Waals surface area contributed by atoms with E-state index in [4.69, 9.17) is 12.2 Å². The lowest BCUT2D eigenvalue weighted by Gasteiger charge is -2.27. The molecule has 3 aromatic rings. The number of thiocarbonyl (C=S) groups is 1. The van der Waals surface area contributed by atoms with Gasteiger partial charge in [0.05, 0.1) is 17.8 Å². The Balaban J connectivity index is 1.75. The molecule has 0 saturated carbocycles. The Morgan fingerprint density at radius 1 is 1.21 bits per heavy atom. The molecule has 0 radical (unpaired) electrons. The maximum absolute atomic E-state index is 11.3. The van der Waals surface area contributed by atoms with Crippen LogP contribution in [0.2, 0.25) is 0 Å². The molecular weight excluding hydrogens is 388 g/mol. The Hall–Kier alpha value is -2.77. The normalized spacial score (nSPS) is 18.8. The van der Waals surface area contributed by atoms with Crippen molar-refractivity contribution < 1.29 is 4.79 Å². The van der Waals surface area contributed by atoms with E-state index >= 15 is 0 Å². The van der Waals surface area contributed by atoms with Crippen LogP contribution in [0.1, 0.15) is 35.1 Å². The number of aromatic nitrogens is 1. The fourth-order valence-corrected chi connectivity index (χ4v) is 4.89. The molecule has 0 aliphatic carbocycles. The minimum absolute atomic E-state index is 0.00835. The first-order chi connectivity index (χ1) is 13.5. The van der Waals surface area contributed by atoms with E-state index in [-0.39, 0.29) is 18.0 Å². The summed E-state index contributed by atoms with van der Waals surface area (Å²) in [7, 11) is 0. The third kappa shape index (κ3) is 3.50. The number of carbonyl (C=O) groups is 1. The highest BCUT2D eigenvalue weighted by atomic mass is 32.1. The molecule has 3 heterocycles. The summed E-state index contributed by atoms with van der Waals surface area (Å²) in [6.07, 6.45) is 1.81. The highest BCUT2D eigenvalue weighted by Crippen LogP contribution is 2.44. The predicted molar refractivity (Wildman–Crippen MR) is 118 cm³/mol. The summed E-state index contributed by atoms with van der Waals surface area (Å²) in [6, 6.07) is 15.8. The minimum Gasteiger partial charge on any atom is -0.351 e. The molecule has 28 heavy (non-hydrogen) atoms. The van der Waals surface area contributed by atoms with E-state index in [1.807, 2.05) is 48.7 Å². The summed E-state index contributed by atoms with van der Waals surface area (Å²) in [4.78, 5) is 19.3. The van der Waals surface area contributed by atoms with Gasteiger partial charge in [-0.15, -0.1) is 11.3 Å². The summed E-state index contributed by atoms with van der Waals surface area (Å²) in [6.45, 7) is 3.63. The fourth-order valence-electron chi connectivity index (χ4n) is 3.50. The number of carbonyl (C=O) groups excluding carboxylic acids is 1. The van der Waals surface area contributed by atoms with E-state index in [1.54, 1.807) is 11.3 Å². The fraction of sp³-hybridized carbons (Fsp3) is 0.190. The Bertz CT molecular complexity index is 1000. The second-order valence-corrected chi connectivity index (χ2v) is 8.03. The zero-order valence-electron chi connectivity index (χ0n) is 15.5. The van der Waals surface area contributed by atoms with Crippen LogP contribution in [-0.2, 0) is 4.79 Å². The number of hydrogen-bond donors (Lipinski definition) is 2. The van der Waals surface area contributed by atoms with Crippen LogP contribution < -0.4 is 15.5 Å². The number of amides is 1. The standard InChI is InChI=1S/C21H20N4OS2/c1-13-10-12-28-20(13)19-18(17-5-3-4-11-22-17)24-21(27)25(19)16-8-6-15(7-9-16)23-14(2)26/h3-12,18-19H,1-2H3,(H,23,26)(H,24,27). The first kappa shape index (κ1) is 18.6. The molecule has 2 N–H and O–H groups in total. The van der Waals surface area contributed by atoms with Crippen LogP contribution in [-0.4, -0.2) is 16.0 Å². The molecule has 1 aliphatic heterocycles. The van der Waals surface area contributed by atoms with Crippen LogP contribution >= 0.6 is 23.6 Å². The molecule has 1 fully saturated rings. The topological polar surface area (TPSA) is 57.3 Å². The number of pyridine rings is 1. The summed E-state index contributed by atoms with van der Waals surface area (Å²) < 4.78 is 0. The molecule has 0 spiro atoms. The molecule has 5 nitrogen and oxygen atoms in total. The number of thiophene rings is 1. The van der Waals surface area contributed by atoms with E-state index < -0.39 is 0 Å². The summed E-state index contributed by atoms with van der Waals surface area (Å²) in [5.74, 6) is -0.0894. The van der Waals surface area contributed by atoms with Crippen molar-refractivity contribution in [2.24, 2.45) is 0 Å². The van der Waals surface area contributed by atoms with Gasteiger partial charge in [-0.25, -0.2) is 0 Å². The van der Waals surface area contributed by atoms with E-state index in [9.17, 15) is 4.79 Å². The van der Waals surface area contributed by atoms with Gasteiger partial charge in [0.15, 0.2) is 5.11 Å². The van der Waals surface area contributed by atoms with Crippen molar-refractivity contribution in [3.63, 3.8) is 0 Å². The van der Waals surface area contributed by atoms with Crippen LogP contribution in [0.15, 0.2) is 60.1 Å². The van der Waals surface area contributed by atoms with E-state index in [2.05, 4.69) is 38.9 Å². The molecule has 1 amide bonds. The first-order valence-corrected chi connectivity index (χ1v) is 10.3. The van der Waals surface area contributed by atoms with Gasteiger partial charge in [-0.3, -0.25) is 9.78 Å². The quantitative estimate of drug-likeness (QED) is 0.619. The number of nitrogens with one attached hydrogen (secondary N) is 2. The van der Waals surface area contributed by atoms with Gasteiger partial charge in [0.1, 0.15) is 0 Å². The third-order valence-electron chi connectivity index (χ3n) is 4.73. The molecule has 1 aliphatic rings. The van der Waals surface area contributed by atoms with Gasteiger partial charge in [-0.05, 0) is 72.5 Å². The van der Waals surface area contributed by atoms with Gasteiger partial charge in [0.25, 0.3) is 0 Å². The lowest BCUT2D eigenvalue weighted by atomic mass is 10.0. The molecule has 4 rings (SSSR count). The van der Waals surface area contributed by atoms with Crippen molar-refractivity contribution in [3.05, 3.63) is 76.2 Å². The zero-order valence-corrected chi connectivity index (χ0v) is 17.2. The van der Waals surface area contributed by atoms with Crippen molar-refractivity contribution in [2.75, 3.05) is 10.2 Å². The van der Waals surface area contributed by atoms with Crippen LogP contribution in [0, 0.1) is 6.92 Å². The Morgan fingerprint density at radius 2 is 2.00 bits per heavy atom. The Kier molecular flexibility index (Phi) is 5.11. The first-order valence-electron chi connectivity index (χ1n) is 8.97. The molecule has 2 unspecified atom stereocenters. The molecule has 1 aromatic carbocycles. The number of hydrogen-bond acceptors (Lipinski definition) is 4. The van der Waals surface area contributed by atoms with Crippen LogP contribution in [0.5, 0.6) is 0 Å². The monoisotopic (exact) mass is 408 g/mol. The van der Waals surface area contributed by atoms with Crippen LogP contribution in [0.25, 0.3) is 0 Å². The van der Waals surface area contributed by atoms with Gasteiger partial charge in [0.2, 0.25) is 5.91 Å². The molecule has 7 heteroatoms. The lowest BCUT2D eigenvalue weighted by Crippen LogP contribution is -2.29. The molecular formula is C21H20N4OS2. The number of anilines is 2. The minimum atomic E-state index is -0.0894. The van der Waals surface area contributed by atoms with Gasteiger partial charge < -0.3 is 15.5 Å². The average Bonchev–Trinajstić information content (AvgIpc) is 3.25. The highest BCUT2D eigenvalue weighted by Gasteiger charge is 2.41. The maximum atomic E-state index is 11.3. The number of aryl methyl sites for hydroxylation is 1. The molecule has 2 atom stereocenters. The Morgan fingerprint density at radius 3 is 2.61 bits per heavy atom. The number of nitrogens with zero attached hydrogens (tertiary/aromatic N) is 2. The van der Waals surface area contributed by atoms with Gasteiger partial charge >= 0.3 is 0 Å². The smallest absolute Gasteiger partial charge is 0.221 e. The lowest BCUT2D eigenvalue weighted by molar-refractivity contribution is -0.114. The van der Waals surface area contributed by atoms with Crippen molar-refractivity contribution in [3.8, 4) is 0 Å². The van der Waals surface area contributed by atoms with Crippen molar-refractivity contribution in [1.29, 1.82) is 0 Å². The third-order valence-corrected chi connectivity index (χ3v) is 6.14. The summed E-state index contributed by atoms with van der Waals surface area (Å²) >= 11 is 7.45. The predicted octanol–water partition coefficient (Wildman–Crippen LogP) is 4.59. The van der Waals surface area contributed by atoms with E-state index in [0.29, 0.717) is 5.11 Å². The highest BCUT2D eigenvalue weighted by molar-refractivity contribution is 7.80. The molecule has 142 valence electrons. The van der Waals surface area contributed by atoms with E-state index in [0.717, 1.165) is 17.1 Å². The maximum Gasteiger partial charge on any atom is 0.221 e. The summed E-state index contributed by atoms with van der Waals surface area (Å²) in [5, 5.41) is 9.04. The largest absolute Gasteiger partial charge is 0.351 e. The second kappa shape index (κ2) is 7.69. The van der Waals surface area contributed by atoms with Crippen molar-refractivity contribution >= 4 is 45.9 Å². The van der Waals surface area contributed by atoms with Gasteiger partial charge in [0, 0.05) is 29.4 Å². The summed E-state index contributed by atoms with van der Waals surface area (Å²) in [5.41, 5.74) is 3.93. The van der Waals surface area contributed by atoms with Gasteiger partial charge in [-0.1, -0.05) is 6.07 Å². The zero-order chi connectivity index (χ0) is 19.7. The van der Waals surface area contributed by atoms with Crippen LogP contribution in [0.4, 0.5) is 11.4 Å². The van der Waals surface area contributed by atoms with E-state index in [1.165, 1.54) is 17.4 Å². The van der Waals surface area contributed by atoms with Crippen molar-refractivity contribution in [1.82, 2.24) is 10.3 Å². The average molecular weight is 409 g/mol. The number of benzene rings is 1. The molecule has 0 bridgehead atoms. The SMILES string of the molecule is CC(=O)Nc1ccc(N2C(=S)NC(c3ccccn3)C2c2sccc2C)cc1. The van der Waals surface area contributed by atoms with Gasteiger partial charge in [-0.2, -0.15) is 0 Å². The second-order valence-electron chi connectivity index (χ2n) is 6.69. The Labute approximate surface area is 173 Å².